The molecule has 0 bridgehead atoms. The highest BCUT2D eigenvalue weighted by Gasteiger charge is 2.33. The van der Waals surface area contributed by atoms with Crippen molar-refractivity contribution in [1.29, 1.82) is 0 Å². The summed E-state index contributed by atoms with van der Waals surface area (Å²) < 4.78 is 10.6. The number of benzene rings is 2. The maximum atomic E-state index is 12.7. The highest BCUT2D eigenvalue weighted by molar-refractivity contribution is 6.42. The van der Waals surface area contributed by atoms with Crippen LogP contribution in [0.3, 0.4) is 0 Å². The first kappa shape index (κ1) is 22.5. The summed E-state index contributed by atoms with van der Waals surface area (Å²) in [6, 6.07) is 9.00. The van der Waals surface area contributed by atoms with Crippen LogP contribution in [0.25, 0.3) is 6.08 Å². The summed E-state index contributed by atoms with van der Waals surface area (Å²) in [5.74, 6) is -1.10. The lowest BCUT2D eigenvalue weighted by Gasteiger charge is -2.14. The Morgan fingerprint density at radius 2 is 1.90 bits per heavy atom. The number of ether oxygens (including phenoxy) is 2. The first-order valence-electron chi connectivity index (χ1n) is 9.05. The zero-order chi connectivity index (χ0) is 22.7. The molecule has 2 aromatic rings. The molecule has 1 atom stereocenters. The zero-order valence-electron chi connectivity index (χ0n) is 16.5. The Kier molecular flexibility index (Phi) is 6.72. The van der Waals surface area contributed by atoms with E-state index in [1.807, 2.05) is 0 Å². The molecule has 1 aliphatic rings. The molecule has 3 rings (SSSR count). The standard InChI is InChI=1S/C21H18Cl2N2O6/c1-11(20(27)28)31-17-6-4-12(9-18(17)30-2)8-16-19(26)25(21(29)24-16)10-13-3-5-14(22)15(23)7-13/h3-9,11H,10H2,1-2H3,(H,24,29)(H,27,28)/b16-8-/t11-/m0/s1. The number of methoxy groups -OCH3 is 1. The van der Waals surface area contributed by atoms with Gasteiger partial charge >= 0.3 is 12.0 Å². The Labute approximate surface area is 187 Å². The second-order valence-corrected chi connectivity index (χ2v) is 7.45. The van der Waals surface area contributed by atoms with Crippen LogP contribution in [0, 0.1) is 0 Å². The van der Waals surface area contributed by atoms with Crippen molar-refractivity contribution in [3.63, 3.8) is 0 Å². The van der Waals surface area contributed by atoms with Crippen molar-refractivity contribution in [2.45, 2.75) is 19.6 Å². The molecule has 1 saturated heterocycles. The van der Waals surface area contributed by atoms with E-state index in [2.05, 4.69) is 5.32 Å². The number of rotatable bonds is 7. The van der Waals surface area contributed by atoms with Gasteiger partial charge in [-0.2, -0.15) is 0 Å². The van der Waals surface area contributed by atoms with Crippen LogP contribution in [0.4, 0.5) is 4.79 Å². The van der Waals surface area contributed by atoms with Gasteiger partial charge in [0, 0.05) is 0 Å². The minimum Gasteiger partial charge on any atom is -0.493 e. The van der Waals surface area contributed by atoms with Crippen LogP contribution in [0.5, 0.6) is 11.5 Å². The van der Waals surface area contributed by atoms with Crippen LogP contribution in [0.15, 0.2) is 42.1 Å². The van der Waals surface area contributed by atoms with E-state index in [0.717, 1.165) is 4.90 Å². The molecule has 1 fully saturated rings. The van der Waals surface area contributed by atoms with E-state index in [9.17, 15) is 14.4 Å². The highest BCUT2D eigenvalue weighted by Crippen LogP contribution is 2.30. The lowest BCUT2D eigenvalue weighted by molar-refractivity contribution is -0.144. The summed E-state index contributed by atoms with van der Waals surface area (Å²) in [5, 5.41) is 12.2. The van der Waals surface area contributed by atoms with Gasteiger partial charge in [0.2, 0.25) is 0 Å². The first-order valence-corrected chi connectivity index (χ1v) is 9.81. The molecule has 0 unspecified atom stereocenters. The molecule has 31 heavy (non-hydrogen) atoms. The number of imide groups is 1. The number of urea groups is 1. The van der Waals surface area contributed by atoms with Crippen molar-refractivity contribution in [1.82, 2.24) is 10.2 Å². The van der Waals surface area contributed by atoms with E-state index < -0.39 is 24.0 Å². The van der Waals surface area contributed by atoms with Crippen molar-refractivity contribution in [3.8, 4) is 11.5 Å². The average Bonchev–Trinajstić information content (AvgIpc) is 2.98. The monoisotopic (exact) mass is 464 g/mol. The fraction of sp³-hybridized carbons (Fsp3) is 0.190. The Bertz CT molecular complexity index is 1090. The molecule has 0 radical (unpaired) electrons. The van der Waals surface area contributed by atoms with Crippen molar-refractivity contribution >= 4 is 47.2 Å². The Morgan fingerprint density at radius 3 is 2.55 bits per heavy atom. The lowest BCUT2D eigenvalue weighted by atomic mass is 10.1. The Hall–Kier alpha value is -3.23. The third-order valence-corrected chi connectivity index (χ3v) is 5.18. The molecule has 1 heterocycles. The number of aliphatic carboxylic acids is 1. The molecule has 2 aromatic carbocycles. The summed E-state index contributed by atoms with van der Waals surface area (Å²) in [4.78, 5) is 37.1. The van der Waals surface area contributed by atoms with Gasteiger partial charge < -0.3 is 19.9 Å². The van der Waals surface area contributed by atoms with E-state index in [1.165, 1.54) is 26.2 Å². The fourth-order valence-corrected chi connectivity index (χ4v) is 3.14. The third-order valence-electron chi connectivity index (χ3n) is 4.44. The second kappa shape index (κ2) is 9.28. The van der Waals surface area contributed by atoms with Crippen molar-refractivity contribution in [3.05, 3.63) is 63.3 Å². The minimum atomic E-state index is -1.12. The van der Waals surface area contributed by atoms with E-state index in [1.54, 1.807) is 30.3 Å². The molecule has 0 aromatic heterocycles. The molecule has 3 amide bonds. The van der Waals surface area contributed by atoms with Gasteiger partial charge in [-0.05, 0) is 48.4 Å². The third kappa shape index (κ3) is 5.10. The Balaban J connectivity index is 1.80. The van der Waals surface area contributed by atoms with Gasteiger partial charge in [-0.1, -0.05) is 35.3 Å². The van der Waals surface area contributed by atoms with E-state index in [4.69, 9.17) is 37.8 Å². The number of nitrogens with zero attached hydrogens (tertiary/aromatic N) is 1. The van der Waals surface area contributed by atoms with Gasteiger partial charge in [0.25, 0.3) is 5.91 Å². The lowest BCUT2D eigenvalue weighted by Crippen LogP contribution is -2.30. The number of carboxylic acids is 1. The highest BCUT2D eigenvalue weighted by atomic mass is 35.5. The molecule has 2 N–H and O–H groups in total. The largest absolute Gasteiger partial charge is 0.493 e. The van der Waals surface area contributed by atoms with Crippen molar-refractivity contribution < 1.29 is 29.0 Å². The summed E-state index contributed by atoms with van der Waals surface area (Å²) in [6.45, 7) is 1.43. The number of amides is 3. The maximum absolute atomic E-state index is 12.7. The molecule has 10 heteroatoms. The first-order chi connectivity index (χ1) is 14.7. The zero-order valence-corrected chi connectivity index (χ0v) is 18.0. The van der Waals surface area contributed by atoms with Crippen molar-refractivity contribution in [2.75, 3.05) is 7.11 Å². The van der Waals surface area contributed by atoms with E-state index >= 15 is 0 Å². The molecule has 0 spiro atoms. The summed E-state index contributed by atoms with van der Waals surface area (Å²) in [6.07, 6.45) is 0.422. The molecular formula is C21H18Cl2N2O6. The fourth-order valence-electron chi connectivity index (χ4n) is 2.81. The number of hydrogen-bond donors (Lipinski definition) is 2. The van der Waals surface area contributed by atoms with Crippen molar-refractivity contribution in [2.24, 2.45) is 0 Å². The molecule has 0 aliphatic carbocycles. The van der Waals surface area contributed by atoms with Crippen LogP contribution >= 0.6 is 23.2 Å². The van der Waals surface area contributed by atoms with Crippen LogP contribution in [-0.2, 0) is 16.1 Å². The van der Waals surface area contributed by atoms with Crippen LogP contribution < -0.4 is 14.8 Å². The van der Waals surface area contributed by atoms with Crippen LogP contribution in [0.1, 0.15) is 18.1 Å². The number of carboxylic acid groups (broad SMARTS) is 1. The summed E-state index contributed by atoms with van der Waals surface area (Å²) >= 11 is 11.9. The van der Waals surface area contributed by atoms with E-state index in [-0.39, 0.29) is 23.7 Å². The number of carbonyl (C=O) groups is 3. The predicted octanol–water partition coefficient (Wildman–Crippen LogP) is 3.95. The number of hydrogen-bond acceptors (Lipinski definition) is 5. The van der Waals surface area contributed by atoms with Gasteiger partial charge in [-0.25, -0.2) is 9.59 Å². The molecule has 162 valence electrons. The minimum absolute atomic E-state index is 0.0298. The van der Waals surface area contributed by atoms with Crippen LogP contribution in [-0.4, -0.2) is 41.1 Å². The molecular weight excluding hydrogens is 447 g/mol. The molecule has 1 aliphatic heterocycles. The number of carbonyl (C=O) groups excluding carboxylic acids is 2. The summed E-state index contributed by atoms with van der Waals surface area (Å²) in [5.41, 5.74) is 1.28. The van der Waals surface area contributed by atoms with Gasteiger partial charge in [0.1, 0.15) is 5.70 Å². The summed E-state index contributed by atoms with van der Waals surface area (Å²) in [7, 11) is 1.41. The molecule has 0 saturated carbocycles. The van der Waals surface area contributed by atoms with Crippen LogP contribution in [0.2, 0.25) is 10.0 Å². The quantitative estimate of drug-likeness (QED) is 0.474. The molecule has 8 nitrogen and oxygen atoms in total. The van der Waals surface area contributed by atoms with Gasteiger partial charge in [-0.3, -0.25) is 9.69 Å². The van der Waals surface area contributed by atoms with E-state index in [0.29, 0.717) is 21.2 Å². The van der Waals surface area contributed by atoms with Gasteiger partial charge in [0.05, 0.1) is 23.7 Å². The maximum Gasteiger partial charge on any atom is 0.344 e. The average molecular weight is 465 g/mol. The number of nitrogens with one attached hydrogen (secondary N) is 1. The second-order valence-electron chi connectivity index (χ2n) is 6.64. The van der Waals surface area contributed by atoms with Gasteiger partial charge in [0.15, 0.2) is 17.6 Å². The smallest absolute Gasteiger partial charge is 0.344 e. The normalized spacial score (nSPS) is 15.7. The Morgan fingerprint density at radius 1 is 1.16 bits per heavy atom. The number of halogens is 2. The van der Waals surface area contributed by atoms with Gasteiger partial charge in [-0.15, -0.1) is 0 Å². The topological polar surface area (TPSA) is 105 Å². The predicted molar refractivity (Wildman–Crippen MR) is 114 cm³/mol. The SMILES string of the molecule is COc1cc(/C=C2\NC(=O)N(Cc3ccc(Cl)c(Cl)c3)C2=O)ccc1O[C@@H](C)C(=O)O.